The molecule has 8 N–H and O–H groups in total. The Morgan fingerprint density at radius 3 is 1.62 bits per heavy atom. The van der Waals surface area contributed by atoms with E-state index in [9.17, 15) is 43.3 Å². The van der Waals surface area contributed by atoms with Crippen molar-refractivity contribution in [2.24, 2.45) is 40.9 Å². The van der Waals surface area contributed by atoms with Crippen LogP contribution in [-0.2, 0) is 10.1 Å². The molecule has 0 aliphatic heterocycles. The number of carbonyl (C=O) groups excluding carboxylic acids is 1. The maximum atomic E-state index is 11.8. The third kappa shape index (κ3) is 10.6. The fourth-order valence-corrected chi connectivity index (χ4v) is 4.56. The summed E-state index contributed by atoms with van der Waals surface area (Å²) in [5.41, 5.74) is 10.6. The number of hydrogen-bond acceptors (Lipinski definition) is 19. The number of hydrogen-bond donors (Lipinski definition) is 6. The van der Waals surface area contributed by atoms with E-state index >= 15 is 0 Å². The van der Waals surface area contributed by atoms with Crippen LogP contribution in [0.1, 0.15) is 10.4 Å². The van der Waals surface area contributed by atoms with Gasteiger partial charge in [-0.2, -0.15) is 15.3 Å². The Morgan fingerprint density at radius 1 is 0.566 bits per heavy atom. The van der Waals surface area contributed by atoms with Crippen molar-refractivity contribution in [3.63, 3.8) is 0 Å². The van der Waals surface area contributed by atoms with Gasteiger partial charge in [-0.05, 0) is 84.9 Å². The first-order valence-electron chi connectivity index (χ1n) is 14.0. The average molecular weight is 757 g/mol. The molecule has 0 aliphatic rings. The molecule has 19 nitrogen and oxygen atoms in total. The molecule has 258 valence electrons. The summed E-state index contributed by atoms with van der Waals surface area (Å²) in [6, 6.07) is 17.5. The van der Waals surface area contributed by atoms with Gasteiger partial charge in [-0.15, -0.1) is 25.6 Å². The Morgan fingerprint density at radius 2 is 1.06 bits per heavy atom. The van der Waals surface area contributed by atoms with Crippen LogP contribution in [0.3, 0.4) is 0 Å². The standard InChI is InChI=1S/C31H24N10O9S.2Na/c32-15-1-7-22(21(33)11-15)37-39-24-13-19(51(48,49)50)14-25(29(24)44)40-38-23-8-10-27(43)28(30(23)45)41-35-17-4-2-16(3-5-17)34-36-18-6-9-26(42)20(12-18)31(46)47;;/h1-14,42-45H,32-33H2,(H,46,47)(H,48,49,50);;/q;2*+1/p-2. The predicted molar refractivity (Wildman–Crippen MR) is 177 cm³/mol. The van der Waals surface area contributed by atoms with Gasteiger partial charge in [0.15, 0.2) is 17.2 Å². The molecule has 0 heterocycles. The average Bonchev–Trinajstić information content (AvgIpc) is 3.08. The van der Waals surface area contributed by atoms with E-state index in [4.69, 9.17) is 11.5 Å². The Hall–Kier alpha value is -5.32. The van der Waals surface area contributed by atoms with Gasteiger partial charge in [-0.3, -0.25) is 0 Å². The first-order chi connectivity index (χ1) is 24.2. The van der Waals surface area contributed by atoms with Gasteiger partial charge in [0.2, 0.25) is 0 Å². The van der Waals surface area contributed by atoms with E-state index < -0.39 is 66.6 Å². The van der Waals surface area contributed by atoms with E-state index in [-0.39, 0.29) is 87.6 Å². The Labute approximate surface area is 343 Å². The number of aromatic carboxylic acids is 1. The molecular weight excluding hydrogens is 734 g/mol. The second kappa shape index (κ2) is 17.9. The van der Waals surface area contributed by atoms with E-state index in [2.05, 4.69) is 40.9 Å². The van der Waals surface area contributed by atoms with Crippen LogP contribution in [0.2, 0.25) is 0 Å². The summed E-state index contributed by atoms with van der Waals surface area (Å²) in [6.07, 6.45) is 0. The number of carboxylic acid groups (broad SMARTS) is 1. The van der Waals surface area contributed by atoms with Gasteiger partial charge in [0, 0.05) is 11.3 Å². The maximum absolute atomic E-state index is 11.8. The topological polar surface area (TPSA) is 329 Å². The summed E-state index contributed by atoms with van der Waals surface area (Å²) < 4.78 is 35.5. The Bertz CT molecular complexity index is 2410. The van der Waals surface area contributed by atoms with Crippen molar-refractivity contribution in [3.8, 4) is 23.0 Å². The molecule has 0 unspecified atom stereocenters. The number of carboxylic acids is 1. The largest absolute Gasteiger partial charge is 1.00 e. The number of benzene rings is 5. The smallest absolute Gasteiger partial charge is 0.744 e. The van der Waals surface area contributed by atoms with Crippen LogP contribution in [0.15, 0.2) is 131 Å². The van der Waals surface area contributed by atoms with Crippen molar-refractivity contribution in [3.05, 3.63) is 90.5 Å². The molecule has 0 atom stereocenters. The third-order valence-corrected chi connectivity index (χ3v) is 7.43. The number of nitrogens with two attached hydrogens (primary N) is 2. The normalized spacial score (nSPS) is 11.6. The SMILES string of the molecule is Nc1ccc(N=Nc2cc(S(=O)(=O)[O-])cc(N=Nc3ccc(O)c(N=Nc4ccc(N=Nc5ccc(O)c(C(=O)[O-])c5)cc4)c3O)c2O)c(N)c1.[Na+].[Na+]. The second-order valence-electron chi connectivity index (χ2n) is 10.2. The number of phenolic OH excluding ortho intramolecular Hbond substituents is 3. The van der Waals surface area contributed by atoms with E-state index in [1.165, 1.54) is 48.5 Å². The second-order valence-corrected chi connectivity index (χ2v) is 11.6. The molecular formula is C31H22N10Na2O9S. The number of nitrogen functional groups attached to an aromatic ring is 2. The summed E-state index contributed by atoms with van der Waals surface area (Å²) >= 11 is 0. The summed E-state index contributed by atoms with van der Waals surface area (Å²) in [5, 5.41) is 83.4. The molecule has 5 aromatic carbocycles. The summed E-state index contributed by atoms with van der Waals surface area (Å²) in [6.45, 7) is 0. The Balaban J connectivity index is 0.00000378. The predicted octanol–water partition coefficient (Wildman–Crippen LogP) is 0.611. The summed E-state index contributed by atoms with van der Waals surface area (Å²) in [5.74, 6) is -3.99. The number of anilines is 2. The van der Waals surface area contributed by atoms with E-state index in [1.54, 1.807) is 0 Å². The van der Waals surface area contributed by atoms with Crippen LogP contribution in [-0.4, -0.2) is 39.4 Å². The molecule has 0 fully saturated rings. The molecule has 5 aromatic rings. The van der Waals surface area contributed by atoms with Gasteiger partial charge in [0.25, 0.3) is 0 Å². The molecule has 0 saturated heterocycles. The quantitative estimate of drug-likeness (QED) is 0.0496. The van der Waals surface area contributed by atoms with E-state index in [1.807, 2.05) is 0 Å². The van der Waals surface area contributed by atoms with Crippen LogP contribution < -0.4 is 75.7 Å². The van der Waals surface area contributed by atoms with Crippen LogP contribution >= 0.6 is 0 Å². The maximum Gasteiger partial charge on any atom is 1.00 e. The molecule has 53 heavy (non-hydrogen) atoms. The molecule has 0 bridgehead atoms. The number of phenols is 4. The van der Waals surface area contributed by atoms with Crippen LogP contribution in [0.4, 0.5) is 56.9 Å². The minimum Gasteiger partial charge on any atom is -0.744 e. The van der Waals surface area contributed by atoms with Crippen LogP contribution in [0.25, 0.3) is 0 Å². The van der Waals surface area contributed by atoms with Crippen molar-refractivity contribution < 1.29 is 102 Å². The van der Waals surface area contributed by atoms with E-state index in [0.717, 1.165) is 36.4 Å². The van der Waals surface area contributed by atoms with Crippen molar-refractivity contribution in [2.75, 3.05) is 11.5 Å². The zero-order chi connectivity index (χ0) is 36.9. The Kier molecular flexibility index (Phi) is 14.3. The van der Waals surface area contributed by atoms with Gasteiger partial charge >= 0.3 is 59.1 Å². The molecule has 0 saturated carbocycles. The molecule has 0 radical (unpaired) electrons. The molecule has 0 spiro atoms. The van der Waals surface area contributed by atoms with Crippen LogP contribution in [0.5, 0.6) is 23.0 Å². The molecule has 0 aromatic heterocycles. The minimum atomic E-state index is -5.08. The fourth-order valence-electron chi connectivity index (χ4n) is 4.05. The molecule has 5 rings (SSSR count). The van der Waals surface area contributed by atoms with Crippen molar-refractivity contribution in [1.29, 1.82) is 0 Å². The monoisotopic (exact) mass is 756 g/mol. The number of aromatic hydroxyl groups is 4. The van der Waals surface area contributed by atoms with Crippen molar-refractivity contribution in [2.45, 2.75) is 4.90 Å². The molecule has 0 amide bonds. The third-order valence-electron chi connectivity index (χ3n) is 6.62. The summed E-state index contributed by atoms with van der Waals surface area (Å²) in [7, 11) is -5.08. The molecule has 0 aliphatic carbocycles. The first-order valence-corrected chi connectivity index (χ1v) is 15.4. The first kappa shape index (κ1) is 42.1. The van der Waals surface area contributed by atoms with Crippen molar-refractivity contribution >= 4 is 73.0 Å². The van der Waals surface area contributed by atoms with Crippen molar-refractivity contribution in [1.82, 2.24) is 0 Å². The zero-order valence-corrected chi connectivity index (χ0v) is 32.4. The fraction of sp³-hybridized carbons (Fsp3) is 0. The van der Waals surface area contributed by atoms with Gasteiger partial charge in [0.1, 0.15) is 44.4 Å². The van der Waals surface area contributed by atoms with E-state index in [0.29, 0.717) is 11.4 Å². The zero-order valence-electron chi connectivity index (χ0n) is 27.6. The number of nitrogens with zero attached hydrogens (tertiary/aromatic N) is 8. The van der Waals surface area contributed by atoms with Gasteiger partial charge in [-0.25, -0.2) is 8.42 Å². The van der Waals surface area contributed by atoms with Crippen LogP contribution in [0, 0.1) is 0 Å². The van der Waals surface area contributed by atoms with Gasteiger partial charge in [0.05, 0.1) is 33.6 Å². The number of carbonyl (C=O) groups is 1. The van der Waals surface area contributed by atoms with Gasteiger partial charge in [-0.1, -0.05) is 0 Å². The van der Waals surface area contributed by atoms with Gasteiger partial charge < -0.3 is 46.3 Å². The summed E-state index contributed by atoms with van der Waals surface area (Å²) in [4.78, 5) is 10.3. The number of rotatable bonds is 10. The molecule has 22 heteroatoms. The minimum absolute atomic E-state index is 0. The number of azo groups is 4.